The Labute approximate surface area is 122 Å². The van der Waals surface area contributed by atoms with E-state index in [2.05, 4.69) is 10.3 Å². The van der Waals surface area contributed by atoms with E-state index in [1.54, 1.807) is 24.4 Å². The highest BCUT2D eigenvalue weighted by atomic mass is 16.3. The lowest BCUT2D eigenvalue weighted by atomic mass is 10.0. The summed E-state index contributed by atoms with van der Waals surface area (Å²) in [7, 11) is 0. The molecular formula is C15H19N3O3. The van der Waals surface area contributed by atoms with Gasteiger partial charge in [0.2, 0.25) is 0 Å². The third-order valence-electron chi connectivity index (χ3n) is 3.35. The maximum Gasteiger partial charge on any atom is 0.270 e. The summed E-state index contributed by atoms with van der Waals surface area (Å²) < 4.78 is 1.33. The predicted octanol–water partition coefficient (Wildman–Crippen LogP) is 0.831. The molecule has 0 fully saturated rings. The first-order chi connectivity index (χ1) is 10.0. The van der Waals surface area contributed by atoms with E-state index in [4.69, 9.17) is 0 Å². The highest BCUT2D eigenvalue weighted by Gasteiger charge is 2.14. The molecule has 0 aliphatic heterocycles. The van der Waals surface area contributed by atoms with E-state index in [-0.39, 0.29) is 11.5 Å². The summed E-state index contributed by atoms with van der Waals surface area (Å²) in [5.41, 5.74) is 0.0922. The second-order valence-electron chi connectivity index (χ2n) is 5.26. The lowest BCUT2D eigenvalue weighted by Gasteiger charge is -2.14. The van der Waals surface area contributed by atoms with Crippen molar-refractivity contribution in [3.63, 3.8) is 0 Å². The number of rotatable bonds is 5. The minimum atomic E-state index is -0.471. The summed E-state index contributed by atoms with van der Waals surface area (Å²) in [4.78, 5) is 28.3. The minimum absolute atomic E-state index is 0.00210. The zero-order valence-electron chi connectivity index (χ0n) is 12.1. The van der Waals surface area contributed by atoms with Crippen LogP contribution in [0, 0.1) is 5.92 Å². The lowest BCUT2D eigenvalue weighted by Crippen LogP contribution is -2.33. The smallest absolute Gasteiger partial charge is 0.270 e. The van der Waals surface area contributed by atoms with E-state index in [1.807, 2.05) is 13.8 Å². The highest BCUT2D eigenvalue weighted by molar-refractivity contribution is 5.93. The molecule has 1 unspecified atom stereocenters. The molecule has 112 valence electrons. The fourth-order valence-electron chi connectivity index (χ4n) is 1.94. The number of amides is 1. The van der Waals surface area contributed by atoms with Crippen LogP contribution in [-0.2, 0) is 0 Å². The van der Waals surface area contributed by atoms with Crippen LogP contribution in [0.15, 0.2) is 35.4 Å². The van der Waals surface area contributed by atoms with Gasteiger partial charge in [-0.05, 0) is 24.5 Å². The van der Waals surface area contributed by atoms with E-state index in [0.29, 0.717) is 18.6 Å². The first-order valence-corrected chi connectivity index (χ1v) is 6.93. The molecule has 0 spiro atoms. The van der Waals surface area contributed by atoms with Crippen molar-refractivity contribution in [3.8, 4) is 0 Å². The summed E-state index contributed by atoms with van der Waals surface area (Å²) >= 11 is 0. The van der Waals surface area contributed by atoms with Crippen molar-refractivity contribution < 1.29 is 9.90 Å². The number of fused-ring (bicyclic) bond motifs is 1. The number of aliphatic hydroxyl groups excluding tert-OH is 1. The normalized spacial score (nSPS) is 12.6. The van der Waals surface area contributed by atoms with Gasteiger partial charge in [0.1, 0.15) is 11.2 Å². The van der Waals surface area contributed by atoms with Crippen LogP contribution in [0.4, 0.5) is 0 Å². The van der Waals surface area contributed by atoms with Crippen molar-refractivity contribution >= 4 is 11.6 Å². The number of hydrogen-bond acceptors (Lipinski definition) is 4. The highest BCUT2D eigenvalue weighted by Crippen LogP contribution is 2.04. The molecule has 0 aliphatic rings. The van der Waals surface area contributed by atoms with E-state index in [9.17, 15) is 14.7 Å². The minimum Gasteiger partial charge on any atom is -0.393 e. The fourth-order valence-corrected chi connectivity index (χ4v) is 1.94. The second-order valence-corrected chi connectivity index (χ2v) is 5.26. The topological polar surface area (TPSA) is 83.7 Å². The molecule has 0 aliphatic carbocycles. The summed E-state index contributed by atoms with van der Waals surface area (Å²) in [6.45, 7) is 4.13. The molecule has 0 saturated carbocycles. The molecule has 0 aromatic carbocycles. The summed E-state index contributed by atoms with van der Waals surface area (Å²) in [6.07, 6.45) is 2.84. The number of pyridine rings is 1. The molecule has 2 aromatic rings. The number of nitrogens with zero attached hydrogens (tertiary/aromatic N) is 2. The lowest BCUT2D eigenvalue weighted by molar-refractivity contribution is 0.0918. The van der Waals surface area contributed by atoms with Gasteiger partial charge in [0, 0.05) is 18.9 Å². The number of carbonyl (C=O) groups excluding carboxylic acids is 1. The average molecular weight is 289 g/mol. The van der Waals surface area contributed by atoms with E-state index in [0.717, 1.165) is 0 Å². The van der Waals surface area contributed by atoms with Crippen molar-refractivity contribution in [1.82, 2.24) is 14.7 Å². The first-order valence-electron chi connectivity index (χ1n) is 6.93. The average Bonchev–Trinajstić information content (AvgIpc) is 2.47. The summed E-state index contributed by atoms with van der Waals surface area (Å²) in [5, 5.41) is 12.3. The fraction of sp³-hybridized carbons (Fsp3) is 0.400. The largest absolute Gasteiger partial charge is 0.393 e. The first kappa shape index (κ1) is 15.2. The zero-order valence-corrected chi connectivity index (χ0v) is 12.1. The molecule has 2 rings (SSSR count). The molecule has 21 heavy (non-hydrogen) atoms. The quantitative estimate of drug-likeness (QED) is 0.854. The number of aromatic nitrogens is 2. The van der Waals surface area contributed by atoms with Crippen molar-refractivity contribution in [2.75, 3.05) is 6.54 Å². The molecule has 2 aromatic heterocycles. The molecule has 6 nitrogen and oxygen atoms in total. The van der Waals surface area contributed by atoms with Crippen LogP contribution in [0.25, 0.3) is 5.65 Å². The SMILES string of the molecule is CC(C)C(O)CCNC(=O)c1cnc2ccccn2c1=O. The predicted molar refractivity (Wildman–Crippen MR) is 79.3 cm³/mol. The van der Waals surface area contributed by atoms with Gasteiger partial charge in [-0.3, -0.25) is 14.0 Å². The summed E-state index contributed by atoms with van der Waals surface area (Å²) in [5.74, 6) is -0.337. The molecule has 6 heteroatoms. The van der Waals surface area contributed by atoms with Crippen molar-refractivity contribution in [2.24, 2.45) is 5.92 Å². The van der Waals surface area contributed by atoms with Crippen LogP contribution in [0.1, 0.15) is 30.6 Å². The Kier molecular flexibility index (Phi) is 4.70. The molecule has 2 N–H and O–H groups in total. The maximum atomic E-state index is 12.2. The Morgan fingerprint density at radius 1 is 1.43 bits per heavy atom. The molecular weight excluding hydrogens is 270 g/mol. The zero-order chi connectivity index (χ0) is 15.4. The number of nitrogens with one attached hydrogen (secondary N) is 1. The van der Waals surface area contributed by atoms with Gasteiger partial charge in [-0.15, -0.1) is 0 Å². The molecule has 0 radical (unpaired) electrons. The Balaban J connectivity index is 2.10. The van der Waals surface area contributed by atoms with Gasteiger partial charge in [0.15, 0.2) is 0 Å². The van der Waals surface area contributed by atoms with E-state index >= 15 is 0 Å². The van der Waals surface area contributed by atoms with Crippen LogP contribution in [0.2, 0.25) is 0 Å². The van der Waals surface area contributed by atoms with Crippen LogP contribution in [0.3, 0.4) is 0 Å². The Bertz CT molecular complexity index is 694. The Hall–Kier alpha value is -2.21. The number of hydrogen-bond donors (Lipinski definition) is 2. The standard InChI is InChI=1S/C15H19N3O3/c1-10(2)12(19)6-7-16-14(20)11-9-17-13-5-3-4-8-18(13)15(11)21/h3-5,8-10,12,19H,6-7H2,1-2H3,(H,16,20). The van der Waals surface area contributed by atoms with Gasteiger partial charge < -0.3 is 10.4 Å². The molecule has 1 amide bonds. The maximum absolute atomic E-state index is 12.2. The van der Waals surface area contributed by atoms with Gasteiger partial charge >= 0.3 is 0 Å². The Morgan fingerprint density at radius 3 is 2.90 bits per heavy atom. The third kappa shape index (κ3) is 3.46. The number of carbonyl (C=O) groups is 1. The van der Waals surface area contributed by atoms with Crippen LogP contribution < -0.4 is 10.9 Å². The molecule has 0 bridgehead atoms. The van der Waals surface area contributed by atoms with Crippen LogP contribution in [0.5, 0.6) is 0 Å². The second kappa shape index (κ2) is 6.49. The molecule has 1 atom stereocenters. The van der Waals surface area contributed by atoms with E-state index < -0.39 is 17.6 Å². The van der Waals surface area contributed by atoms with Gasteiger partial charge in [-0.1, -0.05) is 19.9 Å². The third-order valence-corrected chi connectivity index (χ3v) is 3.35. The van der Waals surface area contributed by atoms with Crippen LogP contribution in [-0.4, -0.2) is 33.0 Å². The summed E-state index contributed by atoms with van der Waals surface area (Å²) in [6, 6.07) is 5.17. The molecule has 2 heterocycles. The number of aliphatic hydroxyl groups is 1. The van der Waals surface area contributed by atoms with Gasteiger partial charge in [0.25, 0.3) is 11.5 Å². The Morgan fingerprint density at radius 2 is 2.19 bits per heavy atom. The van der Waals surface area contributed by atoms with E-state index in [1.165, 1.54) is 10.6 Å². The van der Waals surface area contributed by atoms with Gasteiger partial charge in [-0.25, -0.2) is 4.98 Å². The van der Waals surface area contributed by atoms with Crippen LogP contribution >= 0.6 is 0 Å². The van der Waals surface area contributed by atoms with Gasteiger partial charge in [-0.2, -0.15) is 0 Å². The molecule has 0 saturated heterocycles. The van der Waals surface area contributed by atoms with Crippen molar-refractivity contribution in [1.29, 1.82) is 0 Å². The van der Waals surface area contributed by atoms with Crippen molar-refractivity contribution in [2.45, 2.75) is 26.4 Å². The monoisotopic (exact) mass is 289 g/mol. The van der Waals surface area contributed by atoms with Gasteiger partial charge in [0.05, 0.1) is 6.10 Å². The van der Waals surface area contributed by atoms with Crippen molar-refractivity contribution in [3.05, 3.63) is 46.5 Å².